The average molecular weight is 425 g/mol. The molecule has 0 atom stereocenters. The Kier molecular flexibility index (Phi) is 4.56. The first-order valence-corrected chi connectivity index (χ1v) is 8.54. The standard InChI is InChI=1S/C17H9Cl2F3N6/c18-8-2-1-3-9(19)13(8)15-26-10-4-5-23-16(14(10)28-15)27-12-6-11(17(20,21)22)24-7-25-12/h1-7H,(H,26,28)(H,23,24,25,27). The number of imidazole rings is 1. The molecule has 0 fully saturated rings. The SMILES string of the molecule is FC(F)(F)c1cc(Nc2nccc3[nH]c(-c4c(Cl)cccc4Cl)nc23)ncn1. The number of aromatic amines is 1. The molecule has 1 aromatic carbocycles. The second kappa shape index (κ2) is 6.92. The number of anilines is 2. The predicted octanol–water partition coefficient (Wildman–Crippen LogP) is 5.48. The van der Waals surface area contributed by atoms with Gasteiger partial charge in [-0.15, -0.1) is 0 Å². The van der Waals surface area contributed by atoms with Crippen LogP contribution in [0.2, 0.25) is 10.0 Å². The van der Waals surface area contributed by atoms with E-state index in [0.717, 1.165) is 12.4 Å². The van der Waals surface area contributed by atoms with Gasteiger partial charge in [-0.05, 0) is 18.2 Å². The van der Waals surface area contributed by atoms with Crippen molar-refractivity contribution in [3.05, 3.63) is 58.6 Å². The smallest absolute Gasteiger partial charge is 0.338 e. The van der Waals surface area contributed by atoms with Gasteiger partial charge in [-0.3, -0.25) is 0 Å². The van der Waals surface area contributed by atoms with Crippen molar-refractivity contribution in [1.29, 1.82) is 0 Å². The van der Waals surface area contributed by atoms with Crippen LogP contribution in [-0.4, -0.2) is 24.9 Å². The molecule has 4 rings (SSSR count). The Labute approximate surface area is 165 Å². The topological polar surface area (TPSA) is 79.4 Å². The number of halogens is 5. The number of hydrogen-bond acceptors (Lipinski definition) is 5. The van der Waals surface area contributed by atoms with Crippen LogP contribution in [0.25, 0.3) is 22.4 Å². The Balaban J connectivity index is 1.77. The zero-order valence-electron chi connectivity index (χ0n) is 13.7. The lowest BCUT2D eigenvalue weighted by Crippen LogP contribution is -2.09. The third kappa shape index (κ3) is 3.46. The normalized spacial score (nSPS) is 11.8. The number of nitrogens with one attached hydrogen (secondary N) is 2. The largest absolute Gasteiger partial charge is 0.433 e. The summed E-state index contributed by atoms with van der Waals surface area (Å²) in [5.74, 6) is 0.554. The number of rotatable bonds is 3. The molecule has 142 valence electrons. The Bertz CT molecular complexity index is 1150. The molecule has 2 N–H and O–H groups in total. The van der Waals surface area contributed by atoms with Gasteiger partial charge in [0.15, 0.2) is 5.82 Å². The van der Waals surface area contributed by atoms with Gasteiger partial charge in [0.05, 0.1) is 21.1 Å². The molecule has 0 bridgehead atoms. The van der Waals surface area contributed by atoms with Crippen LogP contribution in [0.1, 0.15) is 5.69 Å². The second-order valence-electron chi connectivity index (χ2n) is 5.65. The van der Waals surface area contributed by atoms with Crippen molar-refractivity contribution in [3.63, 3.8) is 0 Å². The van der Waals surface area contributed by atoms with Crippen molar-refractivity contribution < 1.29 is 13.2 Å². The minimum absolute atomic E-state index is 0.0670. The summed E-state index contributed by atoms with van der Waals surface area (Å²) in [5, 5.41) is 3.55. The molecule has 0 aliphatic heterocycles. The fourth-order valence-electron chi connectivity index (χ4n) is 2.57. The molecule has 3 heterocycles. The lowest BCUT2D eigenvalue weighted by atomic mass is 10.2. The highest BCUT2D eigenvalue weighted by Crippen LogP contribution is 2.35. The summed E-state index contributed by atoms with van der Waals surface area (Å²) in [5.41, 5.74) is 0.423. The quantitative estimate of drug-likeness (QED) is 0.454. The van der Waals surface area contributed by atoms with Gasteiger partial charge in [-0.1, -0.05) is 29.3 Å². The Morgan fingerprint density at radius 1 is 1.00 bits per heavy atom. The fraction of sp³-hybridized carbons (Fsp3) is 0.0588. The summed E-state index contributed by atoms with van der Waals surface area (Å²) >= 11 is 12.4. The molecule has 0 saturated carbocycles. The molecule has 0 amide bonds. The van der Waals surface area contributed by atoms with Crippen LogP contribution >= 0.6 is 23.2 Å². The number of benzene rings is 1. The minimum atomic E-state index is -4.58. The first-order valence-electron chi connectivity index (χ1n) is 7.78. The molecule has 3 aromatic heterocycles. The lowest BCUT2D eigenvalue weighted by Gasteiger charge is -2.08. The number of pyridine rings is 1. The molecule has 0 radical (unpaired) electrons. The average Bonchev–Trinajstić information content (AvgIpc) is 3.06. The van der Waals surface area contributed by atoms with Gasteiger partial charge in [0.2, 0.25) is 0 Å². The molecular weight excluding hydrogens is 416 g/mol. The number of hydrogen-bond donors (Lipinski definition) is 2. The molecule has 0 spiro atoms. The van der Waals surface area contributed by atoms with E-state index in [9.17, 15) is 13.2 Å². The van der Waals surface area contributed by atoms with E-state index in [1.807, 2.05) is 0 Å². The molecule has 28 heavy (non-hydrogen) atoms. The van der Waals surface area contributed by atoms with Crippen LogP contribution < -0.4 is 5.32 Å². The zero-order chi connectivity index (χ0) is 19.9. The third-order valence-corrected chi connectivity index (χ3v) is 4.43. The predicted molar refractivity (Wildman–Crippen MR) is 99.7 cm³/mol. The molecule has 0 aliphatic rings. The van der Waals surface area contributed by atoms with E-state index in [2.05, 4.69) is 30.2 Å². The van der Waals surface area contributed by atoms with Crippen LogP contribution in [0, 0.1) is 0 Å². The highest BCUT2D eigenvalue weighted by molar-refractivity contribution is 6.39. The Morgan fingerprint density at radius 2 is 1.75 bits per heavy atom. The molecule has 6 nitrogen and oxygen atoms in total. The number of alkyl halides is 3. The van der Waals surface area contributed by atoms with Gasteiger partial charge in [0.1, 0.15) is 29.2 Å². The van der Waals surface area contributed by atoms with E-state index < -0.39 is 11.9 Å². The summed E-state index contributed by atoms with van der Waals surface area (Å²) in [7, 11) is 0. The van der Waals surface area contributed by atoms with Crippen molar-refractivity contribution in [2.45, 2.75) is 6.18 Å². The minimum Gasteiger partial charge on any atom is -0.338 e. The van der Waals surface area contributed by atoms with Crippen molar-refractivity contribution >= 4 is 45.9 Å². The third-order valence-electron chi connectivity index (χ3n) is 3.80. The summed E-state index contributed by atoms with van der Waals surface area (Å²) in [6.45, 7) is 0. The summed E-state index contributed by atoms with van der Waals surface area (Å²) in [6, 6.07) is 7.51. The van der Waals surface area contributed by atoms with Crippen LogP contribution in [0.4, 0.5) is 24.8 Å². The maximum atomic E-state index is 12.9. The second-order valence-corrected chi connectivity index (χ2v) is 6.46. The monoisotopic (exact) mass is 424 g/mol. The summed E-state index contributed by atoms with van der Waals surface area (Å²) in [6.07, 6.45) is -2.28. The zero-order valence-corrected chi connectivity index (χ0v) is 15.2. The van der Waals surface area contributed by atoms with Crippen LogP contribution in [0.5, 0.6) is 0 Å². The van der Waals surface area contributed by atoms with E-state index in [4.69, 9.17) is 23.2 Å². The van der Waals surface area contributed by atoms with Gasteiger partial charge < -0.3 is 10.3 Å². The molecular formula is C17H9Cl2F3N6. The van der Waals surface area contributed by atoms with Crippen LogP contribution in [-0.2, 0) is 6.18 Å². The first kappa shape index (κ1) is 18.5. The van der Waals surface area contributed by atoms with Crippen LogP contribution in [0.3, 0.4) is 0 Å². The van der Waals surface area contributed by atoms with Crippen molar-refractivity contribution in [3.8, 4) is 11.4 Å². The molecule has 0 aliphatic carbocycles. The van der Waals surface area contributed by atoms with Gasteiger partial charge in [0.25, 0.3) is 0 Å². The van der Waals surface area contributed by atoms with E-state index in [1.165, 1.54) is 6.20 Å². The number of fused-ring (bicyclic) bond motifs is 1. The summed E-state index contributed by atoms with van der Waals surface area (Å²) < 4.78 is 38.6. The van der Waals surface area contributed by atoms with Crippen molar-refractivity contribution in [2.75, 3.05) is 5.32 Å². The van der Waals surface area contributed by atoms with Crippen molar-refractivity contribution in [1.82, 2.24) is 24.9 Å². The molecule has 0 unspecified atom stereocenters. The van der Waals surface area contributed by atoms with Crippen LogP contribution in [0.15, 0.2) is 42.9 Å². The van der Waals surface area contributed by atoms with Gasteiger partial charge in [0, 0.05) is 12.3 Å². The van der Waals surface area contributed by atoms with Gasteiger partial charge in [-0.2, -0.15) is 13.2 Å². The molecule has 0 saturated heterocycles. The molecule has 4 aromatic rings. The maximum absolute atomic E-state index is 12.9. The molecule has 11 heteroatoms. The van der Waals surface area contributed by atoms with E-state index >= 15 is 0 Å². The number of H-pyrrole nitrogens is 1. The highest BCUT2D eigenvalue weighted by Gasteiger charge is 2.32. The Hall–Kier alpha value is -2.91. The highest BCUT2D eigenvalue weighted by atomic mass is 35.5. The van der Waals surface area contributed by atoms with E-state index in [1.54, 1.807) is 24.3 Å². The first-order chi connectivity index (χ1) is 13.3. The number of nitrogens with zero attached hydrogens (tertiary/aromatic N) is 4. The van der Waals surface area contributed by atoms with E-state index in [-0.39, 0.29) is 11.6 Å². The lowest BCUT2D eigenvalue weighted by molar-refractivity contribution is -0.141. The Morgan fingerprint density at radius 3 is 2.46 bits per heavy atom. The van der Waals surface area contributed by atoms with Gasteiger partial charge >= 0.3 is 6.18 Å². The number of aromatic nitrogens is 5. The fourth-order valence-corrected chi connectivity index (χ4v) is 3.15. The van der Waals surface area contributed by atoms with E-state index in [0.29, 0.717) is 32.5 Å². The maximum Gasteiger partial charge on any atom is 0.433 e. The summed E-state index contributed by atoms with van der Waals surface area (Å²) in [4.78, 5) is 18.7. The van der Waals surface area contributed by atoms with Crippen molar-refractivity contribution in [2.24, 2.45) is 0 Å². The van der Waals surface area contributed by atoms with Gasteiger partial charge in [-0.25, -0.2) is 19.9 Å².